The maximum absolute atomic E-state index is 11.0. The molecule has 2 atom stereocenters. The van der Waals surface area contributed by atoms with Gasteiger partial charge in [0.05, 0.1) is 0 Å². The lowest BCUT2D eigenvalue weighted by atomic mass is 10.1. The Morgan fingerprint density at radius 3 is 1.64 bits per heavy atom. The van der Waals surface area contributed by atoms with Gasteiger partial charge in [0, 0.05) is 11.4 Å². The van der Waals surface area contributed by atoms with Crippen LogP contribution in [0.1, 0.15) is 0 Å². The fourth-order valence-electron chi connectivity index (χ4n) is 1.99. The molecule has 0 radical (unpaired) electrons. The minimum atomic E-state index is -2.09. The number of benzene rings is 2. The first-order valence-corrected chi connectivity index (χ1v) is 8.86. The summed E-state index contributed by atoms with van der Waals surface area (Å²) in [5, 5.41) is 0. The summed E-state index contributed by atoms with van der Waals surface area (Å²) in [6, 6.07) is 14.6. The molecule has 2 unspecified atom stereocenters. The summed E-state index contributed by atoms with van der Waals surface area (Å²) in [5.41, 5.74) is 8.88. The van der Waals surface area contributed by atoms with Crippen molar-refractivity contribution in [2.24, 2.45) is 0 Å². The van der Waals surface area contributed by atoms with Gasteiger partial charge in [-0.25, -0.2) is 8.42 Å². The highest BCUT2D eigenvalue weighted by Crippen LogP contribution is 2.24. The van der Waals surface area contributed by atoms with Gasteiger partial charge >= 0.3 is 0 Å². The minimum absolute atomic E-state index is 0.229. The molecule has 0 saturated heterocycles. The molecule has 2 rings (SSSR count). The van der Waals surface area contributed by atoms with Crippen molar-refractivity contribution in [1.29, 1.82) is 0 Å². The van der Waals surface area contributed by atoms with Crippen LogP contribution in [0.2, 0.25) is 0 Å². The standard InChI is InChI=1S/C14H16N2O4S2/c15-13-5-1-11(2-6-13)12-3-7-14(8-4-12)16(9-21(17)18)10-22(19)20/h1-8H,9-10,15H2,(H,17,18)(H,19,20). The Morgan fingerprint density at radius 1 is 0.818 bits per heavy atom. The molecule has 4 N–H and O–H groups in total. The van der Waals surface area contributed by atoms with Crippen molar-refractivity contribution in [2.45, 2.75) is 0 Å². The van der Waals surface area contributed by atoms with Crippen molar-refractivity contribution in [3.63, 3.8) is 0 Å². The van der Waals surface area contributed by atoms with Crippen molar-refractivity contribution in [3.8, 4) is 11.1 Å². The summed E-state index contributed by atoms with van der Waals surface area (Å²) in [7, 11) is 0. The van der Waals surface area contributed by atoms with Gasteiger partial charge in [-0.1, -0.05) is 24.3 Å². The third kappa shape index (κ3) is 4.63. The van der Waals surface area contributed by atoms with Gasteiger partial charge in [0.2, 0.25) is 0 Å². The summed E-state index contributed by atoms with van der Waals surface area (Å²) in [4.78, 5) is 1.39. The van der Waals surface area contributed by atoms with Crippen LogP contribution < -0.4 is 10.6 Å². The second-order valence-electron chi connectivity index (χ2n) is 4.61. The molecule has 22 heavy (non-hydrogen) atoms. The SMILES string of the molecule is Nc1ccc(-c2ccc(N(CS(=O)O)CS(=O)O)cc2)cc1. The van der Waals surface area contributed by atoms with Gasteiger partial charge in [0.15, 0.2) is 22.2 Å². The summed E-state index contributed by atoms with van der Waals surface area (Å²) < 4.78 is 39.9. The Bertz CT molecular complexity index is 658. The number of hydrogen-bond donors (Lipinski definition) is 3. The molecule has 0 aliphatic heterocycles. The highest BCUT2D eigenvalue weighted by molar-refractivity contribution is 7.80. The molecule has 0 saturated carbocycles. The molecule has 0 bridgehead atoms. The highest BCUT2D eigenvalue weighted by Gasteiger charge is 2.12. The first-order valence-electron chi connectivity index (χ1n) is 6.31. The van der Waals surface area contributed by atoms with Gasteiger partial charge < -0.3 is 19.7 Å². The molecular weight excluding hydrogens is 324 g/mol. The van der Waals surface area contributed by atoms with E-state index >= 15 is 0 Å². The molecule has 6 nitrogen and oxygen atoms in total. The monoisotopic (exact) mass is 340 g/mol. The number of nitrogen functional groups attached to an aromatic ring is 1. The van der Waals surface area contributed by atoms with E-state index in [2.05, 4.69) is 0 Å². The van der Waals surface area contributed by atoms with Crippen LogP contribution in [-0.2, 0) is 22.2 Å². The molecule has 0 aliphatic rings. The van der Waals surface area contributed by atoms with Crippen LogP contribution in [0.3, 0.4) is 0 Å². The van der Waals surface area contributed by atoms with Crippen molar-refractivity contribution >= 4 is 33.5 Å². The van der Waals surface area contributed by atoms with Crippen LogP contribution in [0.25, 0.3) is 11.1 Å². The van der Waals surface area contributed by atoms with Crippen molar-refractivity contribution in [3.05, 3.63) is 48.5 Å². The summed E-state index contributed by atoms with van der Waals surface area (Å²) in [6.45, 7) is 0. The van der Waals surface area contributed by atoms with Gasteiger partial charge in [-0.05, 0) is 35.4 Å². The van der Waals surface area contributed by atoms with E-state index in [9.17, 15) is 8.42 Å². The Hall–Kier alpha value is -1.74. The average Bonchev–Trinajstić information content (AvgIpc) is 2.47. The zero-order valence-electron chi connectivity index (χ0n) is 11.6. The van der Waals surface area contributed by atoms with Gasteiger partial charge in [-0.2, -0.15) is 0 Å². The quantitative estimate of drug-likeness (QED) is 0.549. The predicted molar refractivity (Wildman–Crippen MR) is 90.0 cm³/mol. The summed E-state index contributed by atoms with van der Waals surface area (Å²) in [6.07, 6.45) is 0. The molecule has 0 aliphatic carbocycles. The van der Waals surface area contributed by atoms with Gasteiger partial charge in [-0.15, -0.1) is 0 Å². The van der Waals surface area contributed by atoms with E-state index in [0.717, 1.165) is 11.1 Å². The van der Waals surface area contributed by atoms with E-state index in [1.165, 1.54) is 4.90 Å². The number of nitrogens with zero attached hydrogens (tertiary/aromatic N) is 1. The van der Waals surface area contributed by atoms with Crippen LogP contribution in [0.4, 0.5) is 11.4 Å². The summed E-state index contributed by atoms with van der Waals surface area (Å²) in [5.74, 6) is -0.457. The molecule has 118 valence electrons. The maximum atomic E-state index is 11.0. The van der Waals surface area contributed by atoms with Gasteiger partial charge in [0.1, 0.15) is 11.8 Å². The number of nitrogens with two attached hydrogens (primary N) is 1. The normalized spacial score (nSPS) is 13.5. The number of hydrogen-bond acceptors (Lipinski definition) is 4. The largest absolute Gasteiger partial charge is 0.399 e. The van der Waals surface area contributed by atoms with E-state index in [1.807, 2.05) is 24.3 Å². The Labute approximate surface area is 133 Å². The van der Waals surface area contributed by atoms with E-state index in [4.69, 9.17) is 14.8 Å². The fourth-order valence-corrected chi connectivity index (χ4v) is 3.12. The molecular formula is C14H16N2O4S2. The van der Waals surface area contributed by atoms with Crippen LogP contribution in [0.5, 0.6) is 0 Å². The average molecular weight is 340 g/mol. The van der Waals surface area contributed by atoms with E-state index in [0.29, 0.717) is 11.4 Å². The number of anilines is 2. The maximum Gasteiger partial charge on any atom is 0.173 e. The summed E-state index contributed by atoms with van der Waals surface area (Å²) >= 11 is -4.18. The minimum Gasteiger partial charge on any atom is -0.399 e. The molecule has 2 aromatic carbocycles. The lowest BCUT2D eigenvalue weighted by Gasteiger charge is -2.21. The van der Waals surface area contributed by atoms with E-state index in [-0.39, 0.29) is 11.8 Å². The zero-order valence-corrected chi connectivity index (χ0v) is 13.2. The van der Waals surface area contributed by atoms with Crippen LogP contribution >= 0.6 is 0 Å². The van der Waals surface area contributed by atoms with Crippen molar-refractivity contribution in [2.75, 3.05) is 22.4 Å². The topological polar surface area (TPSA) is 104 Å². The second-order valence-corrected chi connectivity index (χ2v) is 6.41. The third-order valence-corrected chi connectivity index (χ3v) is 4.07. The van der Waals surface area contributed by atoms with Crippen LogP contribution in [-0.4, -0.2) is 29.3 Å². The van der Waals surface area contributed by atoms with Crippen molar-refractivity contribution in [1.82, 2.24) is 0 Å². The van der Waals surface area contributed by atoms with Crippen LogP contribution in [0, 0.1) is 0 Å². The van der Waals surface area contributed by atoms with Crippen molar-refractivity contribution < 1.29 is 17.5 Å². The third-order valence-electron chi connectivity index (χ3n) is 3.01. The molecule has 2 aromatic rings. The van der Waals surface area contributed by atoms with Crippen LogP contribution in [0.15, 0.2) is 48.5 Å². The Morgan fingerprint density at radius 2 is 1.23 bits per heavy atom. The second kappa shape index (κ2) is 7.50. The fraction of sp³-hybridized carbons (Fsp3) is 0.143. The van der Waals surface area contributed by atoms with E-state index in [1.54, 1.807) is 24.3 Å². The molecule has 0 fully saturated rings. The smallest absolute Gasteiger partial charge is 0.173 e. The highest BCUT2D eigenvalue weighted by atomic mass is 32.2. The number of rotatable bonds is 6. The Kier molecular flexibility index (Phi) is 5.67. The molecule has 0 aromatic heterocycles. The predicted octanol–water partition coefficient (Wildman–Crippen LogP) is 2.10. The lowest BCUT2D eigenvalue weighted by Crippen LogP contribution is -2.30. The first-order chi connectivity index (χ1) is 10.5. The first kappa shape index (κ1) is 16.6. The Balaban J connectivity index is 2.23. The van der Waals surface area contributed by atoms with Gasteiger partial charge in [0.25, 0.3) is 0 Å². The zero-order chi connectivity index (χ0) is 16.1. The lowest BCUT2D eigenvalue weighted by molar-refractivity contribution is 0.557. The van der Waals surface area contributed by atoms with Gasteiger partial charge in [-0.3, -0.25) is 0 Å². The molecule has 8 heteroatoms. The molecule has 0 spiro atoms. The molecule has 0 heterocycles. The molecule has 0 amide bonds. The van der Waals surface area contributed by atoms with E-state index < -0.39 is 22.2 Å².